The Morgan fingerprint density at radius 2 is 1.71 bits per heavy atom. The zero-order valence-corrected chi connectivity index (χ0v) is 11.5. The van der Waals surface area contributed by atoms with Crippen LogP contribution in [0.4, 0.5) is 0 Å². The van der Waals surface area contributed by atoms with Gasteiger partial charge in [0.2, 0.25) is 0 Å². The molecule has 0 aliphatic heterocycles. The predicted octanol–water partition coefficient (Wildman–Crippen LogP) is 2.65. The Hall–Kier alpha value is -2.46. The number of hydrogen-bond donors (Lipinski definition) is 2. The molecular formula is C17H15N3O. The van der Waals surface area contributed by atoms with Gasteiger partial charge in [-0.15, -0.1) is 0 Å². The highest BCUT2D eigenvalue weighted by Crippen LogP contribution is 2.33. The fraction of sp³-hybridized carbons (Fsp3) is 0.176. The van der Waals surface area contributed by atoms with E-state index in [-0.39, 0.29) is 0 Å². The summed E-state index contributed by atoms with van der Waals surface area (Å²) in [7, 11) is 0. The average Bonchev–Trinajstić information content (AvgIpc) is 2.97. The minimum Gasteiger partial charge on any atom is -0.388 e. The fourth-order valence-corrected chi connectivity index (χ4v) is 3.02. The third-order valence-corrected chi connectivity index (χ3v) is 4.08. The van der Waals surface area contributed by atoms with Gasteiger partial charge >= 0.3 is 0 Å². The molecule has 1 aliphatic rings. The average molecular weight is 277 g/mol. The molecule has 0 spiro atoms. The lowest BCUT2D eigenvalue weighted by Crippen LogP contribution is -2.04. The lowest BCUT2D eigenvalue weighted by molar-refractivity contribution is 0.179. The van der Waals surface area contributed by atoms with Gasteiger partial charge in [0, 0.05) is 18.4 Å². The lowest BCUT2D eigenvalue weighted by Gasteiger charge is -2.14. The molecule has 0 saturated heterocycles. The molecule has 1 unspecified atom stereocenters. The standard InChI is InChI=1S/C17H15N3O/c21-16-10-12-6-2-1-5-11(12)9-15-17(19-20-18-15)14-8-4-3-7-13(14)16/h1-8,16,21H,9-10H2,(H,18,19,20). The van der Waals surface area contributed by atoms with E-state index >= 15 is 0 Å². The monoisotopic (exact) mass is 277 g/mol. The second kappa shape index (κ2) is 4.82. The first-order valence-electron chi connectivity index (χ1n) is 7.06. The number of aliphatic hydroxyl groups excluding tert-OH is 1. The van der Waals surface area contributed by atoms with Crippen molar-refractivity contribution in [3.63, 3.8) is 0 Å². The number of aromatic amines is 1. The lowest BCUT2D eigenvalue weighted by atomic mass is 9.95. The maximum atomic E-state index is 10.6. The van der Waals surface area contributed by atoms with Crippen molar-refractivity contribution in [1.29, 1.82) is 0 Å². The first-order chi connectivity index (χ1) is 10.3. The van der Waals surface area contributed by atoms with Crippen molar-refractivity contribution in [3.05, 3.63) is 70.9 Å². The molecule has 0 fully saturated rings. The second-order valence-corrected chi connectivity index (χ2v) is 5.37. The summed E-state index contributed by atoms with van der Waals surface area (Å²) in [6.07, 6.45) is 0.800. The SMILES string of the molecule is OC1Cc2ccccc2Cc2n[nH]nc2-c2ccccc21. The Morgan fingerprint density at radius 3 is 2.62 bits per heavy atom. The van der Waals surface area contributed by atoms with Crippen molar-refractivity contribution in [2.75, 3.05) is 0 Å². The van der Waals surface area contributed by atoms with E-state index in [0.29, 0.717) is 6.42 Å². The Kier molecular flexibility index (Phi) is 2.82. The van der Waals surface area contributed by atoms with Crippen molar-refractivity contribution in [2.24, 2.45) is 0 Å². The van der Waals surface area contributed by atoms with Gasteiger partial charge in [-0.3, -0.25) is 0 Å². The van der Waals surface area contributed by atoms with E-state index in [2.05, 4.69) is 27.5 Å². The number of aromatic nitrogens is 3. The van der Waals surface area contributed by atoms with Gasteiger partial charge in [-0.25, -0.2) is 0 Å². The molecule has 4 heteroatoms. The maximum Gasteiger partial charge on any atom is 0.116 e. The summed E-state index contributed by atoms with van der Waals surface area (Å²) in [5, 5.41) is 22.0. The highest BCUT2D eigenvalue weighted by Gasteiger charge is 2.22. The van der Waals surface area contributed by atoms with Gasteiger partial charge in [0.25, 0.3) is 0 Å². The molecule has 2 N–H and O–H groups in total. The summed E-state index contributed by atoms with van der Waals surface area (Å²) in [6, 6.07) is 16.1. The largest absolute Gasteiger partial charge is 0.388 e. The normalized spacial score (nSPS) is 16.9. The number of nitrogens with zero attached hydrogens (tertiary/aromatic N) is 2. The van der Waals surface area contributed by atoms with Crippen LogP contribution >= 0.6 is 0 Å². The molecule has 2 aromatic carbocycles. The molecule has 0 radical (unpaired) electrons. The van der Waals surface area contributed by atoms with Crippen molar-refractivity contribution < 1.29 is 5.11 Å². The summed E-state index contributed by atoms with van der Waals surface area (Å²) in [4.78, 5) is 0. The van der Waals surface area contributed by atoms with Crippen molar-refractivity contribution in [2.45, 2.75) is 18.9 Å². The van der Waals surface area contributed by atoms with E-state index in [1.807, 2.05) is 36.4 Å². The molecule has 4 nitrogen and oxygen atoms in total. The molecule has 104 valence electrons. The third kappa shape index (κ3) is 2.04. The number of benzene rings is 2. The Morgan fingerprint density at radius 1 is 0.952 bits per heavy atom. The topological polar surface area (TPSA) is 61.8 Å². The summed E-state index contributed by atoms with van der Waals surface area (Å²) in [5.41, 5.74) is 5.98. The highest BCUT2D eigenvalue weighted by atomic mass is 16.3. The van der Waals surface area contributed by atoms with Crippen LogP contribution in [0.1, 0.15) is 28.5 Å². The first kappa shape index (κ1) is 12.3. The fourth-order valence-electron chi connectivity index (χ4n) is 3.02. The van der Waals surface area contributed by atoms with Crippen LogP contribution in [0, 0.1) is 0 Å². The number of nitrogens with one attached hydrogen (secondary N) is 1. The Labute approximate surface area is 122 Å². The van der Waals surface area contributed by atoms with Gasteiger partial charge in [0.1, 0.15) is 5.69 Å². The van der Waals surface area contributed by atoms with Crippen molar-refractivity contribution >= 4 is 0 Å². The molecule has 1 heterocycles. The van der Waals surface area contributed by atoms with E-state index in [4.69, 9.17) is 0 Å². The Bertz CT molecular complexity index is 794. The first-order valence-corrected chi connectivity index (χ1v) is 7.06. The van der Waals surface area contributed by atoms with E-state index in [9.17, 15) is 5.11 Å². The minimum absolute atomic E-state index is 0.537. The van der Waals surface area contributed by atoms with Crippen LogP contribution in [0.3, 0.4) is 0 Å². The third-order valence-electron chi connectivity index (χ3n) is 4.08. The van der Waals surface area contributed by atoms with Crippen LogP contribution in [-0.2, 0) is 12.8 Å². The second-order valence-electron chi connectivity index (χ2n) is 5.37. The molecule has 3 aromatic rings. The quantitative estimate of drug-likeness (QED) is 0.664. The van der Waals surface area contributed by atoms with Crippen LogP contribution in [-0.4, -0.2) is 20.5 Å². The number of hydrogen-bond acceptors (Lipinski definition) is 3. The molecule has 1 aliphatic carbocycles. The Balaban J connectivity index is 1.97. The van der Waals surface area contributed by atoms with Gasteiger partial charge in [-0.05, 0) is 16.7 Å². The van der Waals surface area contributed by atoms with E-state index in [1.165, 1.54) is 5.56 Å². The molecule has 4 rings (SSSR count). The number of fused-ring (bicyclic) bond motifs is 4. The molecule has 0 saturated carbocycles. The summed E-state index contributed by atoms with van der Waals surface area (Å²) < 4.78 is 0. The van der Waals surface area contributed by atoms with Crippen LogP contribution in [0.2, 0.25) is 0 Å². The van der Waals surface area contributed by atoms with Crippen molar-refractivity contribution in [1.82, 2.24) is 15.4 Å². The van der Waals surface area contributed by atoms with Crippen molar-refractivity contribution in [3.8, 4) is 11.3 Å². The van der Waals surface area contributed by atoms with E-state index in [1.54, 1.807) is 0 Å². The number of aliphatic hydroxyl groups is 1. The van der Waals surface area contributed by atoms with Gasteiger partial charge in [0.15, 0.2) is 0 Å². The smallest absolute Gasteiger partial charge is 0.116 e. The van der Waals surface area contributed by atoms with Gasteiger partial charge in [0.05, 0.1) is 11.8 Å². The molecule has 1 aromatic heterocycles. The van der Waals surface area contributed by atoms with Crippen LogP contribution < -0.4 is 0 Å². The summed E-state index contributed by atoms with van der Waals surface area (Å²) in [6.45, 7) is 0. The molecule has 0 amide bonds. The zero-order chi connectivity index (χ0) is 14.2. The molecule has 21 heavy (non-hydrogen) atoms. The van der Waals surface area contributed by atoms with E-state index < -0.39 is 6.10 Å². The molecule has 1 atom stereocenters. The molecule has 0 bridgehead atoms. The zero-order valence-electron chi connectivity index (χ0n) is 11.5. The van der Waals surface area contributed by atoms with Crippen LogP contribution in [0.5, 0.6) is 0 Å². The maximum absolute atomic E-state index is 10.6. The van der Waals surface area contributed by atoms with E-state index in [0.717, 1.165) is 34.5 Å². The predicted molar refractivity (Wildman–Crippen MR) is 79.7 cm³/mol. The number of rotatable bonds is 0. The van der Waals surface area contributed by atoms with Gasteiger partial charge in [-0.1, -0.05) is 48.5 Å². The van der Waals surface area contributed by atoms with Gasteiger partial charge in [-0.2, -0.15) is 15.4 Å². The van der Waals surface area contributed by atoms with Crippen LogP contribution in [0.15, 0.2) is 48.5 Å². The summed E-state index contributed by atoms with van der Waals surface area (Å²) in [5.74, 6) is 0. The molecular weight excluding hydrogens is 262 g/mol. The highest BCUT2D eigenvalue weighted by molar-refractivity contribution is 5.67. The minimum atomic E-state index is -0.537. The van der Waals surface area contributed by atoms with Crippen LogP contribution in [0.25, 0.3) is 11.3 Å². The number of H-pyrrole nitrogens is 1. The van der Waals surface area contributed by atoms with Gasteiger partial charge < -0.3 is 5.11 Å². The summed E-state index contributed by atoms with van der Waals surface area (Å²) >= 11 is 0.